The van der Waals surface area contributed by atoms with Crippen LogP contribution in [0.3, 0.4) is 0 Å². The number of ether oxygens (including phenoxy) is 3. The van der Waals surface area contributed by atoms with Crippen molar-refractivity contribution in [2.24, 2.45) is 0 Å². The zero-order valence-electron chi connectivity index (χ0n) is 11.9. The van der Waals surface area contributed by atoms with Gasteiger partial charge in [-0.15, -0.1) is 0 Å². The third kappa shape index (κ3) is 4.19. The number of alkyl halides is 2. The Labute approximate surface area is 120 Å². The van der Waals surface area contributed by atoms with Gasteiger partial charge >= 0.3 is 0 Å². The summed E-state index contributed by atoms with van der Waals surface area (Å²) in [6.07, 6.45) is -4.86. The van der Waals surface area contributed by atoms with Crippen molar-refractivity contribution in [1.29, 1.82) is 0 Å². The average molecular weight is 305 g/mol. The van der Waals surface area contributed by atoms with E-state index in [1.807, 2.05) is 0 Å². The van der Waals surface area contributed by atoms with E-state index in [2.05, 4.69) is 5.32 Å². The van der Waals surface area contributed by atoms with Crippen molar-refractivity contribution in [3.05, 3.63) is 17.7 Å². The average Bonchev–Trinajstić information content (AvgIpc) is 2.50. The van der Waals surface area contributed by atoms with Crippen LogP contribution in [-0.2, 0) is 0 Å². The van der Waals surface area contributed by atoms with E-state index >= 15 is 0 Å². The SMILES string of the molecule is COc1cc(OC)c(C(=O)NCC(O)C(F)F)cc1OC. The minimum absolute atomic E-state index is 0.0802. The van der Waals surface area contributed by atoms with Crippen molar-refractivity contribution in [2.75, 3.05) is 27.9 Å². The summed E-state index contributed by atoms with van der Waals surface area (Å²) in [5.41, 5.74) is 0.0802. The van der Waals surface area contributed by atoms with Gasteiger partial charge in [0, 0.05) is 18.7 Å². The molecule has 0 saturated carbocycles. The molecule has 0 aliphatic heterocycles. The van der Waals surface area contributed by atoms with E-state index in [0.717, 1.165) is 0 Å². The number of aliphatic hydroxyl groups excluding tert-OH is 1. The number of halogens is 2. The number of hydrogen-bond donors (Lipinski definition) is 2. The molecule has 0 aliphatic rings. The fraction of sp³-hybridized carbons (Fsp3) is 0.462. The quantitative estimate of drug-likeness (QED) is 0.788. The fourth-order valence-corrected chi connectivity index (χ4v) is 1.59. The van der Waals surface area contributed by atoms with E-state index in [1.54, 1.807) is 0 Å². The Bertz CT molecular complexity index is 496. The maximum absolute atomic E-state index is 12.2. The summed E-state index contributed by atoms with van der Waals surface area (Å²) < 4.78 is 39.5. The minimum atomic E-state index is -2.93. The van der Waals surface area contributed by atoms with Crippen LogP contribution < -0.4 is 19.5 Å². The molecule has 1 atom stereocenters. The van der Waals surface area contributed by atoms with Crippen LogP contribution in [0.15, 0.2) is 12.1 Å². The molecule has 0 radical (unpaired) electrons. The van der Waals surface area contributed by atoms with Crippen LogP contribution in [0.4, 0.5) is 8.78 Å². The van der Waals surface area contributed by atoms with Crippen LogP contribution in [0.1, 0.15) is 10.4 Å². The van der Waals surface area contributed by atoms with Crippen molar-refractivity contribution in [2.45, 2.75) is 12.5 Å². The van der Waals surface area contributed by atoms with E-state index in [1.165, 1.54) is 33.5 Å². The molecule has 0 saturated heterocycles. The van der Waals surface area contributed by atoms with Gasteiger partial charge in [-0.25, -0.2) is 8.78 Å². The minimum Gasteiger partial charge on any atom is -0.496 e. The van der Waals surface area contributed by atoms with Gasteiger partial charge in [0.05, 0.1) is 26.9 Å². The summed E-state index contributed by atoms with van der Waals surface area (Å²) >= 11 is 0. The number of aliphatic hydroxyl groups is 1. The van der Waals surface area contributed by atoms with E-state index in [4.69, 9.17) is 19.3 Å². The lowest BCUT2D eigenvalue weighted by molar-refractivity contribution is -0.00271. The number of carbonyl (C=O) groups excluding carboxylic acids is 1. The Morgan fingerprint density at radius 1 is 1.14 bits per heavy atom. The number of rotatable bonds is 7. The molecule has 1 rings (SSSR count). The van der Waals surface area contributed by atoms with Crippen molar-refractivity contribution in [3.63, 3.8) is 0 Å². The number of benzene rings is 1. The molecule has 1 unspecified atom stereocenters. The summed E-state index contributed by atoms with van der Waals surface area (Å²) in [5, 5.41) is 11.2. The highest BCUT2D eigenvalue weighted by Gasteiger charge is 2.21. The maximum atomic E-state index is 12.2. The molecule has 1 amide bonds. The molecule has 21 heavy (non-hydrogen) atoms. The molecule has 0 fully saturated rings. The fourth-order valence-electron chi connectivity index (χ4n) is 1.59. The van der Waals surface area contributed by atoms with Crippen molar-refractivity contribution >= 4 is 5.91 Å². The maximum Gasteiger partial charge on any atom is 0.265 e. The normalized spacial score (nSPS) is 12.0. The lowest BCUT2D eigenvalue weighted by Gasteiger charge is -2.15. The first-order valence-corrected chi connectivity index (χ1v) is 5.99. The Balaban J connectivity index is 2.97. The second-order valence-corrected chi connectivity index (χ2v) is 4.02. The second kappa shape index (κ2) is 7.63. The number of amides is 1. The van der Waals surface area contributed by atoms with Gasteiger partial charge in [0.2, 0.25) is 0 Å². The lowest BCUT2D eigenvalue weighted by Crippen LogP contribution is -2.36. The molecule has 0 spiro atoms. The summed E-state index contributed by atoms with van der Waals surface area (Å²) in [7, 11) is 4.18. The van der Waals surface area contributed by atoms with Gasteiger partial charge < -0.3 is 24.6 Å². The monoisotopic (exact) mass is 305 g/mol. The molecule has 0 bridgehead atoms. The Morgan fingerprint density at radius 2 is 1.67 bits per heavy atom. The van der Waals surface area contributed by atoms with Gasteiger partial charge in [0.15, 0.2) is 11.5 Å². The molecule has 118 valence electrons. The van der Waals surface area contributed by atoms with Crippen LogP contribution in [0.5, 0.6) is 17.2 Å². The smallest absolute Gasteiger partial charge is 0.265 e. The van der Waals surface area contributed by atoms with Gasteiger partial charge in [-0.1, -0.05) is 0 Å². The molecule has 6 nitrogen and oxygen atoms in total. The van der Waals surface area contributed by atoms with Crippen molar-refractivity contribution in [3.8, 4) is 17.2 Å². The standard InChI is InChI=1S/C13H17F2NO5/c1-19-9-5-11(21-3)10(20-2)4-7(9)13(18)16-6-8(17)12(14)15/h4-5,8,12,17H,6H2,1-3H3,(H,16,18). The molecule has 0 heterocycles. The van der Waals surface area contributed by atoms with Gasteiger partial charge in [-0.05, 0) is 0 Å². The zero-order valence-corrected chi connectivity index (χ0v) is 11.9. The molecule has 0 aromatic heterocycles. The second-order valence-electron chi connectivity index (χ2n) is 4.02. The summed E-state index contributed by atoms with van der Waals surface area (Å²) in [6, 6.07) is 2.80. The molecule has 1 aromatic rings. The molecule has 1 aromatic carbocycles. The van der Waals surface area contributed by atoms with Crippen LogP contribution in [0.2, 0.25) is 0 Å². The number of methoxy groups -OCH3 is 3. The Morgan fingerprint density at radius 3 is 2.14 bits per heavy atom. The van der Waals surface area contributed by atoms with Gasteiger partial charge in [-0.2, -0.15) is 0 Å². The Kier molecular flexibility index (Phi) is 6.16. The predicted octanol–water partition coefficient (Wildman–Crippen LogP) is 1.07. The highest BCUT2D eigenvalue weighted by atomic mass is 19.3. The van der Waals surface area contributed by atoms with E-state index in [0.29, 0.717) is 5.75 Å². The van der Waals surface area contributed by atoms with Crippen molar-refractivity contribution < 1.29 is 32.9 Å². The molecule has 0 aliphatic carbocycles. The molecule has 8 heteroatoms. The summed E-state index contributed by atoms with van der Waals surface area (Å²) in [6.45, 7) is -0.575. The summed E-state index contributed by atoms with van der Waals surface area (Å²) in [4.78, 5) is 12.0. The van der Waals surface area contributed by atoms with E-state index < -0.39 is 25.0 Å². The molecular weight excluding hydrogens is 288 g/mol. The van der Waals surface area contributed by atoms with E-state index in [9.17, 15) is 13.6 Å². The first-order chi connectivity index (χ1) is 9.94. The highest BCUT2D eigenvalue weighted by molar-refractivity contribution is 5.97. The topological polar surface area (TPSA) is 77.0 Å². The van der Waals surface area contributed by atoms with Crippen LogP contribution in [0.25, 0.3) is 0 Å². The number of carbonyl (C=O) groups is 1. The summed E-state index contributed by atoms with van der Waals surface area (Å²) in [5.74, 6) is 0.167. The number of nitrogens with one attached hydrogen (secondary N) is 1. The first kappa shape index (κ1) is 17.0. The van der Waals surface area contributed by atoms with Crippen LogP contribution >= 0.6 is 0 Å². The largest absolute Gasteiger partial charge is 0.496 e. The van der Waals surface area contributed by atoms with Gasteiger partial charge in [0.1, 0.15) is 11.9 Å². The third-order valence-corrected chi connectivity index (χ3v) is 2.71. The lowest BCUT2D eigenvalue weighted by atomic mass is 10.1. The Hall–Kier alpha value is -2.09. The molecular formula is C13H17F2NO5. The zero-order chi connectivity index (χ0) is 16.0. The number of hydrogen-bond acceptors (Lipinski definition) is 5. The predicted molar refractivity (Wildman–Crippen MR) is 70.4 cm³/mol. The van der Waals surface area contributed by atoms with E-state index in [-0.39, 0.29) is 17.1 Å². The highest BCUT2D eigenvalue weighted by Crippen LogP contribution is 2.34. The van der Waals surface area contributed by atoms with Gasteiger partial charge in [-0.3, -0.25) is 4.79 Å². The molecule has 2 N–H and O–H groups in total. The third-order valence-electron chi connectivity index (χ3n) is 2.71. The van der Waals surface area contributed by atoms with Crippen molar-refractivity contribution in [1.82, 2.24) is 5.32 Å². The van der Waals surface area contributed by atoms with Crippen LogP contribution in [-0.4, -0.2) is 51.4 Å². The van der Waals surface area contributed by atoms with Crippen LogP contribution in [0, 0.1) is 0 Å². The first-order valence-electron chi connectivity index (χ1n) is 5.99. The van der Waals surface area contributed by atoms with Gasteiger partial charge in [0.25, 0.3) is 12.3 Å².